The summed E-state index contributed by atoms with van der Waals surface area (Å²) in [7, 11) is -10.7. The van der Waals surface area contributed by atoms with E-state index < -0.39 is 314 Å². The molecule has 39 unspecified atom stereocenters. The number of nitrogens with two attached hydrogens (primary N) is 2. The number of carbonyl (C=O) groups is 2. The monoisotopic (exact) mass is 1910 g/mol. The zero-order valence-electron chi connectivity index (χ0n) is 72.0. The molecule has 752 valence electrons. The SMILES string of the molecule is CCCCCCCCCCCCCCOC(=O)OCC(COP(=O)(O)OC1C(O)C(O)C(O)C(O)C1OC1OC(CO)C(OC2OC(COC3OC(CO)C(O)C(O)C3OC3OC(COP(=O)(O)OCCN)C(O)C(O)C3O)C(O)C(O)C2OC2OC(COC3OC(CO)C(O)C(O)C3O)C(O)C(O)C2O)C(O)C1N)OC(=O)OCCCCCCCCCCCCCC. The Labute approximate surface area is 740 Å². The van der Waals surface area contributed by atoms with Gasteiger partial charge in [-0.25, -0.2) is 18.7 Å². The Bertz CT molecular complexity index is 3160. The lowest BCUT2D eigenvalue weighted by Crippen LogP contribution is -2.70. The molecule has 0 bridgehead atoms. The van der Waals surface area contributed by atoms with E-state index in [9.17, 15) is 136 Å². The maximum atomic E-state index is 14.1. The number of rotatable bonds is 57. The van der Waals surface area contributed by atoms with Crippen molar-refractivity contribution >= 4 is 28.0 Å². The van der Waals surface area contributed by atoms with Crippen molar-refractivity contribution in [1.82, 2.24) is 0 Å². The molecule has 0 aromatic carbocycles. The van der Waals surface area contributed by atoms with E-state index in [4.69, 9.17) is 101 Å². The lowest BCUT2D eigenvalue weighted by Gasteiger charge is -2.50. The molecule has 6 aliphatic heterocycles. The highest BCUT2D eigenvalue weighted by atomic mass is 31.2. The third-order valence-corrected chi connectivity index (χ3v) is 25.1. The van der Waals surface area contributed by atoms with E-state index in [0.29, 0.717) is 19.3 Å². The predicted molar refractivity (Wildman–Crippen MR) is 428 cm³/mol. The van der Waals surface area contributed by atoms with Gasteiger partial charge in [0.25, 0.3) is 0 Å². The van der Waals surface area contributed by atoms with Gasteiger partial charge >= 0.3 is 28.0 Å². The molecule has 0 aromatic heterocycles. The van der Waals surface area contributed by atoms with Crippen LogP contribution in [0.5, 0.6) is 0 Å². The van der Waals surface area contributed by atoms with Gasteiger partial charge in [-0.1, -0.05) is 155 Å². The molecule has 6 saturated heterocycles. The molecule has 0 aromatic rings. The molecule has 7 fully saturated rings. The first-order valence-corrected chi connectivity index (χ1v) is 47.2. The highest BCUT2D eigenvalue weighted by Gasteiger charge is 2.60. The van der Waals surface area contributed by atoms with Crippen molar-refractivity contribution in [3.63, 3.8) is 0 Å². The second kappa shape index (κ2) is 56.9. The first kappa shape index (κ1) is 112. The van der Waals surface area contributed by atoms with Crippen molar-refractivity contribution in [3.8, 4) is 0 Å². The first-order valence-electron chi connectivity index (χ1n) is 44.2. The minimum absolute atomic E-state index is 0.0442. The average molecular weight is 1910 g/mol. The van der Waals surface area contributed by atoms with Gasteiger partial charge in [0.05, 0.1) is 72.1 Å². The molecule has 0 radical (unpaired) electrons. The number of phosphoric ester groups is 2. The number of phosphoric acid groups is 2. The van der Waals surface area contributed by atoms with Crippen LogP contribution in [0.3, 0.4) is 0 Å². The van der Waals surface area contributed by atoms with Gasteiger partial charge in [0.2, 0.25) is 0 Å². The molecule has 0 spiro atoms. The molecule has 0 amide bonds. The third kappa shape index (κ3) is 33.6. The number of unbranched alkanes of at least 4 members (excludes halogenated alkanes) is 22. The van der Waals surface area contributed by atoms with Gasteiger partial charge in [-0.3, -0.25) is 18.1 Å². The summed E-state index contributed by atoms with van der Waals surface area (Å²) in [4.78, 5) is 47.5. The van der Waals surface area contributed by atoms with Crippen molar-refractivity contribution in [2.45, 2.75) is 395 Å². The van der Waals surface area contributed by atoms with Crippen LogP contribution < -0.4 is 11.5 Å². The van der Waals surface area contributed by atoms with Gasteiger partial charge in [-0.15, -0.1) is 0 Å². The number of carbonyl (C=O) groups excluding carboxylic acids is 2. The molecule has 39 atom stereocenters. The summed E-state index contributed by atoms with van der Waals surface area (Å²) < 4.78 is 138. The number of aliphatic hydroxyl groups is 21. The van der Waals surface area contributed by atoms with Gasteiger partial charge in [0.1, 0.15) is 184 Å². The topological polar surface area (TPSA) is 770 Å². The summed E-state index contributed by atoms with van der Waals surface area (Å²) in [5.74, 6) is 0. The summed E-state index contributed by atoms with van der Waals surface area (Å²) in [6, 6.07) is -2.11. The normalized spacial score (nSPS) is 39.0. The van der Waals surface area contributed by atoms with Crippen molar-refractivity contribution in [2.24, 2.45) is 11.5 Å². The summed E-state index contributed by atoms with van der Waals surface area (Å²) >= 11 is 0. The summed E-state index contributed by atoms with van der Waals surface area (Å²) in [5.41, 5.74) is 11.9. The van der Waals surface area contributed by atoms with E-state index in [0.717, 1.165) is 70.6 Å². The van der Waals surface area contributed by atoms with Crippen LogP contribution in [-0.2, 0) is 103 Å². The molecule has 51 heteroatoms. The van der Waals surface area contributed by atoms with Crippen LogP contribution in [0, 0.1) is 0 Å². The van der Waals surface area contributed by atoms with Crippen LogP contribution in [0.15, 0.2) is 0 Å². The number of hydrogen-bond acceptors (Lipinski definition) is 47. The molecule has 7 rings (SSSR count). The van der Waals surface area contributed by atoms with Crippen LogP contribution in [0.2, 0.25) is 0 Å². The third-order valence-electron chi connectivity index (χ3n) is 23.2. The lowest BCUT2D eigenvalue weighted by molar-refractivity contribution is -0.395. The highest BCUT2D eigenvalue weighted by molar-refractivity contribution is 7.47. The van der Waals surface area contributed by atoms with Gasteiger partial charge in [-0.2, -0.15) is 0 Å². The zero-order valence-corrected chi connectivity index (χ0v) is 73.7. The van der Waals surface area contributed by atoms with E-state index in [2.05, 4.69) is 18.4 Å². The second-order valence-corrected chi connectivity index (χ2v) is 35.9. The van der Waals surface area contributed by atoms with E-state index in [-0.39, 0.29) is 19.8 Å². The van der Waals surface area contributed by atoms with Gasteiger partial charge in [0, 0.05) is 6.54 Å². The van der Waals surface area contributed by atoms with Crippen molar-refractivity contribution in [1.29, 1.82) is 0 Å². The molecule has 7 aliphatic rings. The van der Waals surface area contributed by atoms with Crippen molar-refractivity contribution in [3.05, 3.63) is 0 Å². The number of aliphatic hydroxyl groups excluding tert-OH is 21. The van der Waals surface area contributed by atoms with Crippen LogP contribution in [0.1, 0.15) is 168 Å². The van der Waals surface area contributed by atoms with Gasteiger partial charge in [0.15, 0.2) is 43.8 Å². The minimum atomic E-state index is -5.79. The zero-order chi connectivity index (χ0) is 94.1. The number of ether oxygens (including phenoxy) is 16. The van der Waals surface area contributed by atoms with E-state index in [1.165, 1.54) is 64.2 Å². The Hall–Kier alpha value is -2.64. The fraction of sp³-hybridized carbons (Fsp3) is 0.974. The van der Waals surface area contributed by atoms with Gasteiger partial charge in [-0.05, 0) is 12.8 Å². The first-order chi connectivity index (χ1) is 61.0. The fourth-order valence-corrected chi connectivity index (χ4v) is 17.1. The molecule has 6 heterocycles. The van der Waals surface area contributed by atoms with E-state index >= 15 is 0 Å². The quantitative estimate of drug-likeness (QED) is 0.0153. The van der Waals surface area contributed by atoms with Crippen LogP contribution in [0.25, 0.3) is 0 Å². The van der Waals surface area contributed by atoms with Crippen molar-refractivity contribution < 1.29 is 230 Å². The predicted octanol–water partition coefficient (Wildman–Crippen LogP) is -5.60. The molecular formula is C77H142N2O47P2. The summed E-state index contributed by atoms with van der Waals surface area (Å²) in [5, 5.41) is 233. The molecule has 1 saturated carbocycles. The Balaban J connectivity index is 1.08. The highest BCUT2D eigenvalue weighted by Crippen LogP contribution is 2.49. The largest absolute Gasteiger partial charge is 0.508 e. The smallest absolute Gasteiger partial charge is 0.434 e. The molecule has 27 N–H and O–H groups in total. The van der Waals surface area contributed by atoms with E-state index in [1.54, 1.807) is 0 Å². The molecule has 1 aliphatic carbocycles. The van der Waals surface area contributed by atoms with E-state index in [1.807, 2.05) is 0 Å². The maximum Gasteiger partial charge on any atom is 0.508 e. The molecule has 49 nitrogen and oxygen atoms in total. The Morgan fingerprint density at radius 2 is 0.672 bits per heavy atom. The fourth-order valence-electron chi connectivity index (χ4n) is 15.4. The van der Waals surface area contributed by atoms with Gasteiger partial charge < -0.3 is 204 Å². The second-order valence-electron chi connectivity index (χ2n) is 33.0. The summed E-state index contributed by atoms with van der Waals surface area (Å²) in [6.07, 6.45) is -56.3. The summed E-state index contributed by atoms with van der Waals surface area (Å²) in [6.45, 7) is -5.00. The molecule has 128 heavy (non-hydrogen) atoms. The average Bonchev–Trinajstić information content (AvgIpc) is 0.762. The van der Waals surface area contributed by atoms with Crippen LogP contribution >= 0.6 is 15.6 Å². The minimum Gasteiger partial charge on any atom is -0.434 e. The lowest BCUT2D eigenvalue weighted by atomic mass is 9.84. The standard InChI is InChI=1S/C77H142N2O47P2/c1-3-5-7-9-11-13-15-17-19-21-23-25-28-107-76(101)111-34-39(115-77(102)108-29-26-24-22-20-18-16-14-12-10-8-6-4-2)35-113-128(105,106)126-67-61(97)57(93)56(92)60(96)66(67)123-70-46(79)52(88)65(42(33-82)118-70)122-75-69(125-72-63(99)54(90)49(85)43(119-72)36-109-71-62(98)53(89)47(83)40(31-80)116-71)59(95)51(87)44(121-75)37-110-74-68(58(94)48(84)41(32-81)117-74)124-73-64(100)55(91)50(86)45(120-73)38-114-127(103,104)112-30-27-78/h39-75,80-100H,3-38,78-79H2,1-2H3,(H,103,104)(H,105,106). The Morgan fingerprint density at radius 3 is 1.15 bits per heavy atom. The van der Waals surface area contributed by atoms with Crippen LogP contribution in [-0.4, -0.2) is 435 Å². The van der Waals surface area contributed by atoms with Crippen molar-refractivity contribution in [2.75, 3.05) is 79.2 Å². The maximum absolute atomic E-state index is 14.1. The Kier molecular flexibility index (Phi) is 50.0. The van der Waals surface area contributed by atoms with Crippen LogP contribution in [0.4, 0.5) is 9.59 Å². The number of hydrogen-bond donors (Lipinski definition) is 25. The molecular weight excluding hydrogens is 1770 g/mol. The Morgan fingerprint density at radius 1 is 0.320 bits per heavy atom.